The number of nitrogens with two attached hydrogens (primary N) is 2. The van der Waals surface area contributed by atoms with E-state index in [4.69, 9.17) is 11.5 Å². The molecular weight excluding hydrogens is 118 g/mol. The van der Waals surface area contributed by atoms with Gasteiger partial charge in [-0.25, -0.2) is 4.79 Å². The first-order chi connectivity index (χ1) is 4.27. The first-order valence-electron chi connectivity index (χ1n) is 2.84. The Kier molecular flexibility index (Phi) is 4.91. The van der Waals surface area contributed by atoms with Crippen molar-refractivity contribution in [1.29, 1.82) is 0 Å². The summed E-state index contributed by atoms with van der Waals surface area (Å²) in [7, 11) is 0. The standard InChI is InChI=1S/C5H12N3O/c6-3-1-2-4-8-5(7)9/h3H,1-2,4,6H2,(H3,7,8,9). The molecule has 0 spiro atoms. The van der Waals surface area contributed by atoms with Gasteiger partial charge in [0.05, 0.1) is 0 Å². The average molecular weight is 130 g/mol. The largest absolute Gasteiger partial charge is 0.352 e. The maximum atomic E-state index is 10.0. The maximum absolute atomic E-state index is 10.0. The van der Waals surface area contributed by atoms with Crippen LogP contribution in [0.25, 0.3) is 0 Å². The van der Waals surface area contributed by atoms with Crippen LogP contribution in [0.15, 0.2) is 0 Å². The fraction of sp³-hybridized carbons (Fsp3) is 0.600. The predicted molar refractivity (Wildman–Crippen MR) is 35.3 cm³/mol. The lowest BCUT2D eigenvalue weighted by molar-refractivity contribution is 0.249. The van der Waals surface area contributed by atoms with Gasteiger partial charge < -0.3 is 16.8 Å². The van der Waals surface area contributed by atoms with E-state index < -0.39 is 6.03 Å². The molecule has 9 heavy (non-hydrogen) atoms. The minimum absolute atomic E-state index is 0.480. The minimum atomic E-state index is -0.480. The summed E-state index contributed by atoms with van der Waals surface area (Å²) >= 11 is 0. The smallest absolute Gasteiger partial charge is 0.312 e. The normalized spacial score (nSPS) is 9.00. The third-order valence-electron chi connectivity index (χ3n) is 0.847. The van der Waals surface area contributed by atoms with Gasteiger partial charge in [-0.15, -0.1) is 0 Å². The van der Waals surface area contributed by atoms with E-state index in [9.17, 15) is 4.79 Å². The number of carbonyl (C=O) groups excluding carboxylic acids is 1. The minimum Gasteiger partial charge on any atom is -0.352 e. The van der Waals surface area contributed by atoms with Crippen LogP contribution in [0.1, 0.15) is 12.8 Å². The topological polar surface area (TPSA) is 81.1 Å². The van der Waals surface area contributed by atoms with Crippen LogP contribution >= 0.6 is 0 Å². The van der Waals surface area contributed by atoms with E-state index in [1.807, 2.05) is 0 Å². The van der Waals surface area contributed by atoms with Gasteiger partial charge in [0.1, 0.15) is 0 Å². The van der Waals surface area contributed by atoms with E-state index in [2.05, 4.69) is 5.32 Å². The van der Waals surface area contributed by atoms with Crippen LogP contribution in [0, 0.1) is 6.54 Å². The molecule has 0 atom stereocenters. The quantitative estimate of drug-likeness (QED) is 0.451. The van der Waals surface area contributed by atoms with Gasteiger partial charge in [0.15, 0.2) is 0 Å². The van der Waals surface area contributed by atoms with Crippen molar-refractivity contribution in [3.8, 4) is 0 Å². The molecule has 4 nitrogen and oxygen atoms in total. The Balaban J connectivity index is 2.83. The highest BCUT2D eigenvalue weighted by Crippen LogP contribution is 1.84. The first-order valence-corrected chi connectivity index (χ1v) is 2.84. The Morgan fingerprint density at radius 1 is 1.67 bits per heavy atom. The van der Waals surface area contributed by atoms with Crippen LogP contribution in [0.4, 0.5) is 4.79 Å². The van der Waals surface area contributed by atoms with E-state index in [0.717, 1.165) is 12.8 Å². The molecule has 0 aromatic carbocycles. The summed E-state index contributed by atoms with van der Waals surface area (Å²) in [5.74, 6) is 0. The molecule has 0 bridgehead atoms. The van der Waals surface area contributed by atoms with E-state index in [1.165, 1.54) is 0 Å². The third-order valence-corrected chi connectivity index (χ3v) is 0.847. The molecule has 0 fully saturated rings. The molecule has 0 saturated carbocycles. The molecule has 0 aliphatic heterocycles. The van der Waals surface area contributed by atoms with Crippen molar-refractivity contribution in [3.05, 3.63) is 6.54 Å². The zero-order valence-electron chi connectivity index (χ0n) is 5.26. The van der Waals surface area contributed by atoms with Crippen molar-refractivity contribution >= 4 is 6.03 Å². The molecule has 0 heterocycles. The van der Waals surface area contributed by atoms with Crippen LogP contribution in [0.5, 0.6) is 0 Å². The SMILES string of the molecule is N[CH]CCCNC(N)=O. The number of urea groups is 1. The number of nitrogens with one attached hydrogen (secondary N) is 1. The van der Waals surface area contributed by atoms with Gasteiger partial charge in [0.25, 0.3) is 0 Å². The van der Waals surface area contributed by atoms with Crippen LogP contribution < -0.4 is 16.8 Å². The molecule has 0 aromatic heterocycles. The Morgan fingerprint density at radius 3 is 2.78 bits per heavy atom. The molecule has 0 saturated heterocycles. The molecule has 0 aromatic rings. The van der Waals surface area contributed by atoms with Crippen molar-refractivity contribution in [2.75, 3.05) is 6.54 Å². The molecule has 0 rings (SSSR count). The van der Waals surface area contributed by atoms with E-state index in [1.54, 1.807) is 6.54 Å². The van der Waals surface area contributed by atoms with Crippen LogP contribution in [0.2, 0.25) is 0 Å². The molecule has 53 valence electrons. The van der Waals surface area contributed by atoms with E-state index >= 15 is 0 Å². The van der Waals surface area contributed by atoms with Crippen LogP contribution in [0.3, 0.4) is 0 Å². The van der Waals surface area contributed by atoms with Crippen LogP contribution in [-0.2, 0) is 0 Å². The monoisotopic (exact) mass is 130 g/mol. The van der Waals surface area contributed by atoms with Gasteiger partial charge >= 0.3 is 6.03 Å². The number of unbranched alkanes of at least 4 members (excludes halogenated alkanes) is 1. The number of hydrogen-bond donors (Lipinski definition) is 3. The van der Waals surface area contributed by atoms with E-state index in [-0.39, 0.29) is 0 Å². The van der Waals surface area contributed by atoms with Crippen molar-refractivity contribution in [3.63, 3.8) is 0 Å². The molecule has 0 aliphatic carbocycles. The second-order valence-corrected chi connectivity index (χ2v) is 1.67. The average Bonchev–Trinajstić information content (AvgIpc) is 1.80. The molecule has 2 amide bonds. The highest BCUT2D eigenvalue weighted by atomic mass is 16.2. The van der Waals surface area contributed by atoms with Crippen molar-refractivity contribution in [1.82, 2.24) is 5.32 Å². The molecule has 0 unspecified atom stereocenters. The summed E-state index contributed by atoms with van der Waals surface area (Å²) in [5, 5.41) is 2.44. The summed E-state index contributed by atoms with van der Waals surface area (Å²) in [6.45, 7) is 2.16. The zero-order valence-corrected chi connectivity index (χ0v) is 5.26. The van der Waals surface area contributed by atoms with Gasteiger partial charge in [0.2, 0.25) is 0 Å². The summed E-state index contributed by atoms with van der Waals surface area (Å²) in [4.78, 5) is 10.0. The maximum Gasteiger partial charge on any atom is 0.312 e. The summed E-state index contributed by atoms with van der Waals surface area (Å²) in [6, 6.07) is -0.480. The van der Waals surface area contributed by atoms with Gasteiger partial charge in [-0.2, -0.15) is 0 Å². The van der Waals surface area contributed by atoms with Crippen molar-refractivity contribution < 1.29 is 4.79 Å². The summed E-state index contributed by atoms with van der Waals surface area (Å²) in [5.41, 5.74) is 9.86. The van der Waals surface area contributed by atoms with Gasteiger partial charge in [-0.1, -0.05) is 0 Å². The summed E-state index contributed by atoms with van der Waals surface area (Å²) in [6.07, 6.45) is 1.65. The third kappa shape index (κ3) is 7.23. The summed E-state index contributed by atoms with van der Waals surface area (Å²) < 4.78 is 0. The number of primary amides is 1. The lowest BCUT2D eigenvalue weighted by atomic mass is 10.3. The molecular formula is C5H12N3O. The number of carbonyl (C=O) groups is 1. The second kappa shape index (κ2) is 5.37. The Labute approximate surface area is 54.6 Å². The fourth-order valence-corrected chi connectivity index (χ4v) is 0.432. The highest BCUT2D eigenvalue weighted by molar-refractivity contribution is 5.71. The zero-order chi connectivity index (χ0) is 7.11. The Hall–Kier alpha value is -0.770. The lowest BCUT2D eigenvalue weighted by Gasteiger charge is -1.97. The van der Waals surface area contributed by atoms with Gasteiger partial charge in [-0.3, -0.25) is 0 Å². The Morgan fingerprint density at radius 2 is 2.33 bits per heavy atom. The van der Waals surface area contributed by atoms with Crippen molar-refractivity contribution in [2.45, 2.75) is 12.8 Å². The first kappa shape index (κ1) is 8.23. The van der Waals surface area contributed by atoms with Crippen LogP contribution in [-0.4, -0.2) is 12.6 Å². The number of rotatable bonds is 4. The van der Waals surface area contributed by atoms with Gasteiger partial charge in [0, 0.05) is 13.1 Å². The molecule has 4 heteroatoms. The van der Waals surface area contributed by atoms with E-state index in [0.29, 0.717) is 6.54 Å². The Bertz CT molecular complexity index is 84.3. The lowest BCUT2D eigenvalue weighted by Crippen LogP contribution is -2.30. The van der Waals surface area contributed by atoms with Gasteiger partial charge in [-0.05, 0) is 12.8 Å². The molecule has 5 N–H and O–H groups in total. The highest BCUT2D eigenvalue weighted by Gasteiger charge is 1.88. The van der Waals surface area contributed by atoms with Crippen molar-refractivity contribution in [2.24, 2.45) is 11.5 Å². The molecule has 1 radical (unpaired) electrons. The molecule has 0 aliphatic rings. The fourth-order valence-electron chi connectivity index (χ4n) is 0.432. The predicted octanol–water partition coefficient (Wildman–Crippen LogP) is -0.445. The second-order valence-electron chi connectivity index (χ2n) is 1.67. The number of amides is 2. The number of hydrogen-bond acceptors (Lipinski definition) is 2.